The first-order valence-corrected chi connectivity index (χ1v) is 14.0. The molecule has 0 saturated heterocycles. The number of nitrogens with two attached hydrogens (primary N) is 3. The van der Waals surface area contributed by atoms with E-state index in [-0.39, 0.29) is 6.04 Å². The summed E-state index contributed by atoms with van der Waals surface area (Å²) in [5, 5.41) is 3.68. The summed E-state index contributed by atoms with van der Waals surface area (Å²) in [6, 6.07) is 17.9. The number of rotatable bonds is 10. The highest BCUT2D eigenvalue weighted by Crippen LogP contribution is 2.41. The Morgan fingerprint density at radius 1 is 1.00 bits per heavy atom. The Labute approximate surface area is 226 Å². The Hall–Kier alpha value is -3.42. The number of hydrogen-bond donors (Lipinski definition) is 5. The number of H-pyrrole nitrogens is 1. The molecule has 7 nitrogen and oxygen atoms in total. The number of anilines is 2. The SMILES string of the molecule is CCCCCCc1cc(CNc2[nH]c3c(N)ncnc3c2[C@H]2CCC(N)C2)ccc1-c1ccccc1.CN. The number of hydrogen-bond acceptors (Lipinski definition) is 6. The Bertz CT molecular complexity index is 1300. The van der Waals surface area contributed by atoms with Crippen molar-refractivity contribution in [2.45, 2.75) is 76.8 Å². The van der Waals surface area contributed by atoms with Crippen molar-refractivity contribution < 1.29 is 0 Å². The summed E-state index contributed by atoms with van der Waals surface area (Å²) in [5.41, 5.74) is 25.2. The van der Waals surface area contributed by atoms with E-state index in [0.717, 1.165) is 49.1 Å². The van der Waals surface area contributed by atoms with Gasteiger partial charge in [0.2, 0.25) is 0 Å². The van der Waals surface area contributed by atoms with E-state index in [2.05, 4.69) is 81.5 Å². The van der Waals surface area contributed by atoms with E-state index in [0.29, 0.717) is 11.7 Å². The van der Waals surface area contributed by atoms with Crippen LogP contribution in [0.2, 0.25) is 0 Å². The van der Waals surface area contributed by atoms with Gasteiger partial charge in [-0.1, -0.05) is 74.7 Å². The molecule has 1 saturated carbocycles. The van der Waals surface area contributed by atoms with Crippen LogP contribution in [0.3, 0.4) is 0 Å². The highest BCUT2D eigenvalue weighted by molar-refractivity contribution is 5.92. The highest BCUT2D eigenvalue weighted by atomic mass is 15.0. The monoisotopic (exact) mass is 513 g/mol. The predicted molar refractivity (Wildman–Crippen MR) is 160 cm³/mol. The second-order valence-corrected chi connectivity index (χ2v) is 10.2. The zero-order valence-corrected chi connectivity index (χ0v) is 22.8. The fourth-order valence-electron chi connectivity index (χ4n) is 5.65. The number of nitrogens with zero attached hydrogens (tertiary/aromatic N) is 2. The highest BCUT2D eigenvalue weighted by Gasteiger charge is 2.29. The van der Waals surface area contributed by atoms with Crippen molar-refractivity contribution in [1.82, 2.24) is 15.0 Å². The summed E-state index contributed by atoms with van der Waals surface area (Å²) in [4.78, 5) is 12.3. The first-order valence-electron chi connectivity index (χ1n) is 14.0. The summed E-state index contributed by atoms with van der Waals surface area (Å²) in [7, 11) is 1.50. The van der Waals surface area contributed by atoms with Crippen molar-refractivity contribution in [2.75, 3.05) is 18.1 Å². The molecule has 2 atom stereocenters. The predicted octanol–water partition coefficient (Wildman–Crippen LogP) is 6.11. The largest absolute Gasteiger partial charge is 0.382 e. The summed E-state index contributed by atoms with van der Waals surface area (Å²) >= 11 is 0. The molecule has 0 amide bonds. The Balaban J connectivity index is 0.00000164. The number of nitrogens with one attached hydrogen (secondary N) is 2. The maximum Gasteiger partial charge on any atom is 0.151 e. The first kappa shape index (κ1) is 27.6. The maximum atomic E-state index is 6.27. The topological polar surface area (TPSA) is 132 Å². The van der Waals surface area contributed by atoms with Crippen molar-refractivity contribution in [2.24, 2.45) is 11.5 Å². The molecule has 2 aromatic heterocycles. The Morgan fingerprint density at radius 3 is 2.55 bits per heavy atom. The minimum absolute atomic E-state index is 0.243. The van der Waals surface area contributed by atoms with Crippen LogP contribution in [-0.4, -0.2) is 28.0 Å². The lowest BCUT2D eigenvalue weighted by molar-refractivity contribution is 0.667. The number of aromatic nitrogens is 3. The van der Waals surface area contributed by atoms with Gasteiger partial charge >= 0.3 is 0 Å². The van der Waals surface area contributed by atoms with Crippen molar-refractivity contribution in [1.29, 1.82) is 0 Å². The molecular weight excluding hydrogens is 470 g/mol. The van der Waals surface area contributed by atoms with Crippen LogP contribution in [-0.2, 0) is 13.0 Å². The van der Waals surface area contributed by atoms with Crippen LogP contribution < -0.4 is 22.5 Å². The van der Waals surface area contributed by atoms with Crippen LogP contribution in [0.15, 0.2) is 54.9 Å². The molecule has 202 valence electrons. The van der Waals surface area contributed by atoms with Crippen molar-refractivity contribution in [3.63, 3.8) is 0 Å². The van der Waals surface area contributed by atoms with Gasteiger partial charge < -0.3 is 27.5 Å². The molecule has 0 spiro atoms. The second-order valence-electron chi connectivity index (χ2n) is 10.2. The van der Waals surface area contributed by atoms with Gasteiger partial charge in [-0.2, -0.15) is 0 Å². The van der Waals surface area contributed by atoms with Gasteiger partial charge in [-0.3, -0.25) is 0 Å². The zero-order chi connectivity index (χ0) is 26.9. The molecule has 5 rings (SSSR count). The standard InChI is InChI=1S/C30H38N6.CH5N/c1-2-3-4-6-11-22-16-20(12-15-25(22)21-9-7-5-8-10-21)18-33-30-26(23-13-14-24(31)17-23)27-28(36-30)29(32)35-19-34-27;1-2/h5,7-10,12,15-16,19,23-24,33,36H,2-4,6,11,13-14,17-18,31H2,1H3,(H2,32,34,35);2H2,1H3/t23-,24?;/m0./s1. The van der Waals surface area contributed by atoms with Gasteiger partial charge in [-0.15, -0.1) is 0 Å². The average Bonchev–Trinajstić information content (AvgIpc) is 3.55. The van der Waals surface area contributed by atoms with E-state index in [1.807, 2.05) is 0 Å². The molecule has 0 bridgehead atoms. The lowest BCUT2D eigenvalue weighted by Gasteiger charge is -2.15. The van der Waals surface area contributed by atoms with Crippen LogP contribution in [0.4, 0.5) is 11.6 Å². The van der Waals surface area contributed by atoms with Crippen LogP contribution in [0, 0.1) is 0 Å². The van der Waals surface area contributed by atoms with E-state index < -0.39 is 0 Å². The summed E-state index contributed by atoms with van der Waals surface area (Å²) < 4.78 is 0. The molecule has 0 radical (unpaired) electrons. The molecule has 8 N–H and O–H groups in total. The zero-order valence-electron chi connectivity index (χ0n) is 22.8. The van der Waals surface area contributed by atoms with Gasteiger partial charge in [-0.25, -0.2) is 9.97 Å². The van der Waals surface area contributed by atoms with E-state index in [1.54, 1.807) is 6.33 Å². The smallest absolute Gasteiger partial charge is 0.151 e. The van der Waals surface area contributed by atoms with E-state index in [9.17, 15) is 0 Å². The number of aromatic amines is 1. The molecule has 1 aliphatic rings. The van der Waals surface area contributed by atoms with Gasteiger partial charge in [0, 0.05) is 18.2 Å². The normalized spacial score (nSPS) is 16.8. The minimum atomic E-state index is 0.243. The molecule has 0 aliphatic heterocycles. The molecule has 4 aromatic rings. The number of aryl methyl sites for hydroxylation is 1. The molecule has 7 heteroatoms. The Morgan fingerprint density at radius 2 is 1.82 bits per heavy atom. The summed E-state index contributed by atoms with van der Waals surface area (Å²) in [6.45, 7) is 2.99. The molecule has 2 aromatic carbocycles. The third-order valence-electron chi connectivity index (χ3n) is 7.56. The molecular formula is C31H43N7. The maximum absolute atomic E-state index is 6.27. The van der Waals surface area contributed by atoms with Crippen LogP contribution in [0.25, 0.3) is 22.2 Å². The van der Waals surface area contributed by atoms with E-state index >= 15 is 0 Å². The van der Waals surface area contributed by atoms with Gasteiger partial charge in [0.15, 0.2) is 5.82 Å². The fourth-order valence-corrected chi connectivity index (χ4v) is 5.65. The Kier molecular flexibility index (Phi) is 9.73. The van der Waals surface area contributed by atoms with E-state index in [4.69, 9.17) is 11.5 Å². The van der Waals surface area contributed by atoms with Crippen molar-refractivity contribution in [3.05, 3.63) is 71.5 Å². The molecule has 1 aliphatic carbocycles. The van der Waals surface area contributed by atoms with Gasteiger partial charge in [-0.05, 0) is 67.3 Å². The molecule has 2 heterocycles. The third-order valence-corrected chi connectivity index (χ3v) is 7.56. The molecule has 1 unspecified atom stereocenters. The average molecular weight is 514 g/mol. The summed E-state index contributed by atoms with van der Waals surface area (Å²) in [6.07, 6.45) is 10.8. The lowest BCUT2D eigenvalue weighted by Crippen LogP contribution is -2.14. The van der Waals surface area contributed by atoms with Crippen LogP contribution in [0.5, 0.6) is 0 Å². The molecule has 38 heavy (non-hydrogen) atoms. The number of nitrogen functional groups attached to an aromatic ring is 1. The van der Waals surface area contributed by atoms with Crippen molar-refractivity contribution >= 4 is 22.7 Å². The van der Waals surface area contributed by atoms with Crippen LogP contribution >= 0.6 is 0 Å². The molecule has 1 fully saturated rings. The minimum Gasteiger partial charge on any atom is -0.382 e. The third kappa shape index (κ3) is 6.34. The van der Waals surface area contributed by atoms with Gasteiger partial charge in [0.05, 0.1) is 5.52 Å². The first-order chi connectivity index (χ1) is 18.6. The summed E-state index contributed by atoms with van der Waals surface area (Å²) in [5.74, 6) is 1.85. The van der Waals surface area contributed by atoms with E-state index in [1.165, 1.54) is 60.5 Å². The number of fused-ring (bicyclic) bond motifs is 1. The quantitative estimate of drug-likeness (QED) is 0.163. The second kappa shape index (κ2) is 13.4. The van der Waals surface area contributed by atoms with Crippen molar-refractivity contribution in [3.8, 4) is 11.1 Å². The fraction of sp³-hybridized carbons (Fsp3) is 0.419. The lowest BCUT2D eigenvalue weighted by atomic mass is 9.93. The number of unbranched alkanes of at least 4 members (excludes halogenated alkanes) is 3. The van der Waals surface area contributed by atoms with Gasteiger partial charge in [0.25, 0.3) is 0 Å². The number of benzene rings is 2. The van der Waals surface area contributed by atoms with Gasteiger partial charge in [0.1, 0.15) is 17.7 Å². The van der Waals surface area contributed by atoms with Crippen LogP contribution in [0.1, 0.15) is 74.5 Å².